The van der Waals surface area contributed by atoms with Crippen molar-refractivity contribution in [2.45, 2.75) is 25.9 Å². The van der Waals surface area contributed by atoms with E-state index in [4.69, 9.17) is 17.3 Å². The van der Waals surface area contributed by atoms with Gasteiger partial charge in [-0.05, 0) is 37.6 Å². The van der Waals surface area contributed by atoms with Crippen molar-refractivity contribution in [3.63, 3.8) is 0 Å². The van der Waals surface area contributed by atoms with Gasteiger partial charge in [0.15, 0.2) is 0 Å². The van der Waals surface area contributed by atoms with Gasteiger partial charge >= 0.3 is 0 Å². The quantitative estimate of drug-likeness (QED) is 0.801. The Bertz CT molecular complexity index is 473. The second-order valence-corrected chi connectivity index (χ2v) is 5.49. The monoisotopic (exact) mass is 267 g/mol. The van der Waals surface area contributed by atoms with Gasteiger partial charge in [0.1, 0.15) is 0 Å². The molecular weight excluding hydrogens is 250 g/mol. The maximum absolute atomic E-state index is 11.9. The smallest absolute Gasteiger partial charge is 0.240 e. The van der Waals surface area contributed by atoms with Crippen LogP contribution >= 0.6 is 11.6 Å². The third-order valence-electron chi connectivity index (χ3n) is 3.44. The molecule has 1 aromatic carbocycles. The van der Waals surface area contributed by atoms with Gasteiger partial charge in [0, 0.05) is 30.3 Å². The zero-order valence-electron chi connectivity index (χ0n) is 10.7. The molecule has 3 N–H and O–H groups in total. The number of hydrogen-bond donors (Lipinski definition) is 2. The van der Waals surface area contributed by atoms with Gasteiger partial charge in [-0.25, -0.2) is 0 Å². The third kappa shape index (κ3) is 2.44. The molecule has 0 bridgehead atoms. The van der Waals surface area contributed by atoms with Crippen LogP contribution in [0.25, 0.3) is 0 Å². The van der Waals surface area contributed by atoms with Gasteiger partial charge in [0.05, 0.1) is 5.54 Å². The first kappa shape index (κ1) is 13.2. The third-order valence-corrected chi connectivity index (χ3v) is 3.81. The first-order valence-corrected chi connectivity index (χ1v) is 6.36. The van der Waals surface area contributed by atoms with Crippen molar-refractivity contribution in [2.24, 2.45) is 0 Å². The van der Waals surface area contributed by atoms with Crippen LogP contribution in [0, 0.1) is 0 Å². The molecule has 1 aliphatic heterocycles. The molecule has 1 amide bonds. The SMILES string of the molecule is CC1(C)C(=O)NCCN1Cc1cc(N)ccc1Cl. The highest BCUT2D eigenvalue weighted by Gasteiger charge is 2.37. The van der Waals surface area contributed by atoms with Gasteiger partial charge in [0.25, 0.3) is 0 Å². The number of rotatable bonds is 2. The summed E-state index contributed by atoms with van der Waals surface area (Å²) in [5.41, 5.74) is 6.90. The largest absolute Gasteiger partial charge is 0.399 e. The molecule has 1 heterocycles. The topological polar surface area (TPSA) is 58.4 Å². The molecule has 0 atom stereocenters. The minimum atomic E-state index is -0.522. The van der Waals surface area contributed by atoms with E-state index >= 15 is 0 Å². The Balaban J connectivity index is 2.22. The van der Waals surface area contributed by atoms with Crippen molar-refractivity contribution in [3.05, 3.63) is 28.8 Å². The Kier molecular flexibility index (Phi) is 3.50. The number of anilines is 1. The lowest BCUT2D eigenvalue weighted by molar-refractivity contribution is -0.135. The molecule has 18 heavy (non-hydrogen) atoms. The van der Waals surface area contributed by atoms with E-state index in [1.165, 1.54) is 0 Å². The number of amides is 1. The molecule has 0 aliphatic carbocycles. The summed E-state index contributed by atoms with van der Waals surface area (Å²) in [6, 6.07) is 5.44. The predicted octanol–water partition coefficient (Wildman–Crippen LogP) is 1.63. The number of halogens is 1. The van der Waals surface area contributed by atoms with Crippen molar-refractivity contribution in [1.82, 2.24) is 10.2 Å². The standard InChI is InChI=1S/C13H18ClN3O/c1-13(2)12(18)16-5-6-17(13)8-9-7-10(15)3-4-11(9)14/h3-4,7H,5-6,8,15H2,1-2H3,(H,16,18). The lowest BCUT2D eigenvalue weighted by Gasteiger charge is -2.41. The number of nitrogens with two attached hydrogens (primary N) is 1. The number of nitrogen functional groups attached to an aromatic ring is 1. The highest BCUT2D eigenvalue weighted by atomic mass is 35.5. The molecule has 0 radical (unpaired) electrons. The van der Waals surface area contributed by atoms with Crippen LogP contribution in [-0.4, -0.2) is 29.4 Å². The molecule has 1 fully saturated rings. The fourth-order valence-corrected chi connectivity index (χ4v) is 2.32. The van der Waals surface area contributed by atoms with Crippen molar-refractivity contribution < 1.29 is 4.79 Å². The number of nitrogens with zero attached hydrogens (tertiary/aromatic N) is 1. The molecule has 0 unspecified atom stereocenters. The second kappa shape index (κ2) is 4.78. The summed E-state index contributed by atoms with van der Waals surface area (Å²) in [6.07, 6.45) is 0. The van der Waals surface area contributed by atoms with E-state index < -0.39 is 5.54 Å². The van der Waals surface area contributed by atoms with Crippen LogP contribution in [0.2, 0.25) is 5.02 Å². The lowest BCUT2D eigenvalue weighted by Crippen LogP contribution is -2.61. The number of nitrogens with one attached hydrogen (secondary N) is 1. The molecule has 2 rings (SSSR count). The van der Waals surface area contributed by atoms with E-state index in [9.17, 15) is 4.79 Å². The Labute approximate surface area is 112 Å². The summed E-state index contributed by atoms with van der Waals surface area (Å²) in [7, 11) is 0. The summed E-state index contributed by atoms with van der Waals surface area (Å²) in [4.78, 5) is 14.0. The molecule has 1 aromatic rings. The summed E-state index contributed by atoms with van der Waals surface area (Å²) in [5.74, 6) is 0.0498. The van der Waals surface area contributed by atoms with E-state index in [1.54, 1.807) is 12.1 Å². The Morgan fingerprint density at radius 1 is 1.50 bits per heavy atom. The number of benzene rings is 1. The maximum atomic E-state index is 11.9. The minimum absolute atomic E-state index is 0.0498. The summed E-state index contributed by atoms with van der Waals surface area (Å²) >= 11 is 6.16. The van der Waals surface area contributed by atoms with Crippen molar-refractivity contribution in [1.29, 1.82) is 0 Å². The molecule has 0 spiro atoms. The van der Waals surface area contributed by atoms with Crippen LogP contribution in [0.4, 0.5) is 5.69 Å². The number of hydrogen-bond acceptors (Lipinski definition) is 3. The Morgan fingerprint density at radius 3 is 2.94 bits per heavy atom. The molecule has 1 saturated heterocycles. The zero-order chi connectivity index (χ0) is 13.3. The average Bonchev–Trinajstić information content (AvgIpc) is 2.30. The van der Waals surface area contributed by atoms with E-state index in [0.717, 1.165) is 12.1 Å². The molecule has 5 heteroatoms. The summed E-state index contributed by atoms with van der Waals surface area (Å²) in [6.45, 7) is 5.94. The number of piperazine rings is 1. The molecule has 98 valence electrons. The molecule has 4 nitrogen and oxygen atoms in total. The van der Waals surface area contributed by atoms with Crippen LogP contribution in [0.3, 0.4) is 0 Å². The minimum Gasteiger partial charge on any atom is -0.399 e. The van der Waals surface area contributed by atoms with Gasteiger partial charge in [-0.2, -0.15) is 0 Å². The van der Waals surface area contributed by atoms with E-state index in [0.29, 0.717) is 23.8 Å². The first-order valence-electron chi connectivity index (χ1n) is 5.98. The van der Waals surface area contributed by atoms with Crippen molar-refractivity contribution in [2.75, 3.05) is 18.8 Å². The normalized spacial score (nSPS) is 19.6. The van der Waals surface area contributed by atoms with Gasteiger partial charge < -0.3 is 11.1 Å². The fraction of sp³-hybridized carbons (Fsp3) is 0.462. The van der Waals surface area contributed by atoms with Gasteiger partial charge in [0.2, 0.25) is 5.91 Å². The zero-order valence-corrected chi connectivity index (χ0v) is 11.4. The summed E-state index contributed by atoms with van der Waals surface area (Å²) < 4.78 is 0. The number of carbonyl (C=O) groups is 1. The number of carbonyl (C=O) groups excluding carboxylic acids is 1. The molecule has 1 aliphatic rings. The molecule has 0 aromatic heterocycles. The van der Waals surface area contributed by atoms with Crippen LogP contribution in [-0.2, 0) is 11.3 Å². The maximum Gasteiger partial charge on any atom is 0.240 e. The lowest BCUT2D eigenvalue weighted by atomic mass is 9.98. The van der Waals surface area contributed by atoms with E-state index in [1.807, 2.05) is 19.9 Å². The van der Waals surface area contributed by atoms with Gasteiger partial charge in [-0.3, -0.25) is 9.69 Å². The van der Waals surface area contributed by atoms with Crippen molar-refractivity contribution >= 4 is 23.2 Å². The second-order valence-electron chi connectivity index (χ2n) is 5.09. The van der Waals surface area contributed by atoms with Crippen LogP contribution in [0.5, 0.6) is 0 Å². The van der Waals surface area contributed by atoms with E-state index in [2.05, 4.69) is 10.2 Å². The summed E-state index contributed by atoms with van der Waals surface area (Å²) in [5, 5.41) is 3.56. The Hall–Kier alpha value is -1.26. The first-order chi connectivity index (χ1) is 8.41. The average molecular weight is 268 g/mol. The van der Waals surface area contributed by atoms with E-state index in [-0.39, 0.29) is 5.91 Å². The predicted molar refractivity (Wildman–Crippen MR) is 73.4 cm³/mol. The van der Waals surface area contributed by atoms with Crippen LogP contribution < -0.4 is 11.1 Å². The highest BCUT2D eigenvalue weighted by molar-refractivity contribution is 6.31. The van der Waals surface area contributed by atoms with Gasteiger partial charge in [-0.1, -0.05) is 11.6 Å². The molecular formula is C13H18ClN3O. The Morgan fingerprint density at radius 2 is 2.22 bits per heavy atom. The van der Waals surface area contributed by atoms with Crippen molar-refractivity contribution in [3.8, 4) is 0 Å². The van der Waals surface area contributed by atoms with Gasteiger partial charge in [-0.15, -0.1) is 0 Å². The highest BCUT2D eigenvalue weighted by Crippen LogP contribution is 2.25. The van der Waals surface area contributed by atoms with Crippen LogP contribution in [0.1, 0.15) is 19.4 Å². The fourth-order valence-electron chi connectivity index (χ4n) is 2.14. The van der Waals surface area contributed by atoms with Crippen LogP contribution in [0.15, 0.2) is 18.2 Å². The molecule has 0 saturated carbocycles.